The maximum atomic E-state index is 11.4. The van der Waals surface area contributed by atoms with Gasteiger partial charge in [0.05, 0.1) is 11.5 Å². The molecule has 20 heavy (non-hydrogen) atoms. The van der Waals surface area contributed by atoms with Crippen molar-refractivity contribution in [2.45, 2.75) is 12.8 Å². The summed E-state index contributed by atoms with van der Waals surface area (Å²) in [6.45, 7) is 1.55. The van der Waals surface area contributed by atoms with Crippen LogP contribution in [0.15, 0.2) is 45.1 Å². The minimum absolute atomic E-state index is 0.0181. The van der Waals surface area contributed by atoms with E-state index in [1.807, 2.05) is 0 Å². The van der Waals surface area contributed by atoms with Gasteiger partial charge in [0.25, 0.3) is 0 Å². The Morgan fingerprint density at radius 3 is 2.55 bits per heavy atom. The van der Waals surface area contributed by atoms with E-state index in [0.29, 0.717) is 11.3 Å². The molecule has 0 amide bonds. The SMILES string of the molecule is CC1=C(C(=O)O)C(c2cccc(Br)c2)C(C(=O)O)=NN1. The zero-order valence-electron chi connectivity index (χ0n) is 10.4. The molecule has 1 heterocycles. The zero-order chi connectivity index (χ0) is 14.9. The van der Waals surface area contributed by atoms with E-state index in [9.17, 15) is 19.8 Å². The van der Waals surface area contributed by atoms with Crippen LogP contribution in [0.4, 0.5) is 0 Å². The molecule has 1 aliphatic heterocycles. The highest BCUT2D eigenvalue weighted by Gasteiger charge is 2.36. The Morgan fingerprint density at radius 2 is 2.00 bits per heavy atom. The van der Waals surface area contributed by atoms with Gasteiger partial charge in [0.2, 0.25) is 0 Å². The van der Waals surface area contributed by atoms with Crippen LogP contribution >= 0.6 is 15.9 Å². The van der Waals surface area contributed by atoms with E-state index in [-0.39, 0.29) is 11.3 Å². The molecule has 0 spiro atoms. The van der Waals surface area contributed by atoms with Crippen LogP contribution in [-0.4, -0.2) is 27.9 Å². The van der Waals surface area contributed by atoms with Gasteiger partial charge in [-0.3, -0.25) is 5.43 Å². The first-order valence-electron chi connectivity index (χ1n) is 5.68. The molecule has 0 bridgehead atoms. The number of hydrogen-bond donors (Lipinski definition) is 3. The van der Waals surface area contributed by atoms with Gasteiger partial charge >= 0.3 is 11.9 Å². The first-order chi connectivity index (χ1) is 9.41. The summed E-state index contributed by atoms with van der Waals surface area (Å²) in [5.74, 6) is -3.34. The second-order valence-corrected chi connectivity index (χ2v) is 5.16. The zero-order valence-corrected chi connectivity index (χ0v) is 12.0. The van der Waals surface area contributed by atoms with Gasteiger partial charge in [-0.1, -0.05) is 28.1 Å². The number of hydrazone groups is 1. The molecule has 0 saturated heterocycles. The number of allylic oxidation sites excluding steroid dienone is 1. The summed E-state index contributed by atoms with van der Waals surface area (Å²) in [6.07, 6.45) is 0. The standard InChI is InChI=1S/C13H11BrN2O4/c1-6-9(12(17)18)10(11(13(19)20)16-15-6)7-3-2-4-8(14)5-7/h2-5,10,15H,1H3,(H,17,18)(H,19,20). The first kappa shape index (κ1) is 14.3. The lowest BCUT2D eigenvalue weighted by Crippen LogP contribution is -2.34. The van der Waals surface area contributed by atoms with Crippen molar-refractivity contribution in [3.8, 4) is 0 Å². The fourth-order valence-electron chi connectivity index (χ4n) is 2.09. The van der Waals surface area contributed by atoms with E-state index in [1.165, 1.54) is 0 Å². The van der Waals surface area contributed by atoms with Crippen molar-refractivity contribution in [2.24, 2.45) is 5.10 Å². The van der Waals surface area contributed by atoms with Crippen molar-refractivity contribution < 1.29 is 19.8 Å². The van der Waals surface area contributed by atoms with Crippen LogP contribution < -0.4 is 5.43 Å². The molecule has 0 aromatic heterocycles. The monoisotopic (exact) mass is 338 g/mol. The molecular formula is C13H11BrN2O4. The number of aliphatic carboxylic acids is 2. The smallest absolute Gasteiger partial charge is 0.353 e. The number of benzene rings is 1. The third-order valence-electron chi connectivity index (χ3n) is 2.94. The summed E-state index contributed by atoms with van der Waals surface area (Å²) in [5, 5.41) is 22.3. The Morgan fingerprint density at radius 1 is 1.30 bits per heavy atom. The average Bonchev–Trinajstić information content (AvgIpc) is 2.37. The quantitative estimate of drug-likeness (QED) is 0.782. The summed E-state index contributed by atoms with van der Waals surface area (Å²) >= 11 is 3.29. The Bertz CT molecular complexity index is 652. The van der Waals surface area contributed by atoms with Crippen LogP contribution in [0.3, 0.4) is 0 Å². The third-order valence-corrected chi connectivity index (χ3v) is 3.43. The van der Waals surface area contributed by atoms with Gasteiger partial charge in [-0.15, -0.1) is 0 Å². The van der Waals surface area contributed by atoms with Crippen LogP contribution in [0.2, 0.25) is 0 Å². The highest BCUT2D eigenvalue weighted by atomic mass is 79.9. The fraction of sp³-hybridized carbons (Fsp3) is 0.154. The summed E-state index contributed by atoms with van der Waals surface area (Å²) in [5.41, 5.74) is 3.07. The van der Waals surface area contributed by atoms with Crippen LogP contribution in [0.1, 0.15) is 18.4 Å². The second kappa shape index (κ2) is 5.46. The van der Waals surface area contributed by atoms with Crippen molar-refractivity contribution in [3.63, 3.8) is 0 Å². The molecule has 2 rings (SSSR count). The molecule has 1 atom stereocenters. The molecule has 1 aromatic rings. The van der Waals surface area contributed by atoms with Gasteiger partial charge < -0.3 is 10.2 Å². The van der Waals surface area contributed by atoms with Gasteiger partial charge in [0.1, 0.15) is 0 Å². The van der Waals surface area contributed by atoms with Crippen molar-refractivity contribution in [2.75, 3.05) is 0 Å². The van der Waals surface area contributed by atoms with E-state index in [4.69, 9.17) is 0 Å². The van der Waals surface area contributed by atoms with E-state index < -0.39 is 17.9 Å². The number of nitrogens with zero attached hydrogens (tertiary/aromatic N) is 1. The Kier molecular flexibility index (Phi) is 3.89. The maximum Gasteiger partial charge on any atom is 0.353 e. The van der Waals surface area contributed by atoms with Crippen molar-refractivity contribution in [1.29, 1.82) is 0 Å². The topological polar surface area (TPSA) is 99.0 Å². The lowest BCUT2D eigenvalue weighted by Gasteiger charge is -2.24. The number of carboxylic acids is 2. The van der Waals surface area contributed by atoms with Crippen LogP contribution in [0.5, 0.6) is 0 Å². The Balaban J connectivity index is 2.62. The van der Waals surface area contributed by atoms with Crippen LogP contribution in [-0.2, 0) is 9.59 Å². The minimum Gasteiger partial charge on any atom is -0.478 e. The van der Waals surface area contributed by atoms with Gasteiger partial charge in [-0.05, 0) is 24.6 Å². The van der Waals surface area contributed by atoms with Gasteiger partial charge in [-0.25, -0.2) is 9.59 Å². The molecule has 104 valence electrons. The highest BCUT2D eigenvalue weighted by molar-refractivity contribution is 9.10. The molecule has 1 aliphatic rings. The number of hydrogen-bond acceptors (Lipinski definition) is 4. The molecule has 6 nitrogen and oxygen atoms in total. The van der Waals surface area contributed by atoms with Crippen LogP contribution in [0.25, 0.3) is 0 Å². The number of nitrogens with one attached hydrogen (secondary N) is 1. The lowest BCUT2D eigenvalue weighted by atomic mass is 9.85. The first-order valence-corrected chi connectivity index (χ1v) is 6.47. The molecule has 0 fully saturated rings. The van der Waals surface area contributed by atoms with E-state index in [1.54, 1.807) is 31.2 Å². The second-order valence-electron chi connectivity index (χ2n) is 4.25. The molecule has 0 radical (unpaired) electrons. The molecule has 1 aromatic carbocycles. The highest BCUT2D eigenvalue weighted by Crippen LogP contribution is 2.32. The molecule has 7 heteroatoms. The molecule has 3 N–H and O–H groups in total. The number of rotatable bonds is 3. The van der Waals surface area contributed by atoms with Gasteiger partial charge in [0.15, 0.2) is 5.71 Å². The van der Waals surface area contributed by atoms with Crippen molar-refractivity contribution in [3.05, 3.63) is 45.6 Å². The molecular weight excluding hydrogens is 328 g/mol. The average molecular weight is 339 g/mol. The Labute approximate surface area is 122 Å². The molecule has 1 unspecified atom stereocenters. The fourth-order valence-corrected chi connectivity index (χ4v) is 2.50. The number of halogens is 1. The normalized spacial score (nSPS) is 18.3. The predicted molar refractivity (Wildman–Crippen MR) is 75.4 cm³/mol. The summed E-state index contributed by atoms with van der Waals surface area (Å²) in [4.78, 5) is 22.7. The maximum absolute atomic E-state index is 11.4. The minimum atomic E-state index is -1.26. The third kappa shape index (κ3) is 2.57. The summed E-state index contributed by atoms with van der Waals surface area (Å²) in [6, 6.07) is 6.86. The van der Waals surface area contributed by atoms with E-state index in [2.05, 4.69) is 26.5 Å². The van der Waals surface area contributed by atoms with Crippen LogP contribution in [0, 0.1) is 0 Å². The number of carbonyl (C=O) groups is 2. The number of carboxylic acid groups (broad SMARTS) is 2. The largest absolute Gasteiger partial charge is 0.478 e. The summed E-state index contributed by atoms with van der Waals surface area (Å²) in [7, 11) is 0. The predicted octanol–water partition coefficient (Wildman–Crippen LogP) is 1.94. The van der Waals surface area contributed by atoms with Crippen molar-refractivity contribution in [1.82, 2.24) is 5.43 Å². The van der Waals surface area contributed by atoms with Crippen molar-refractivity contribution >= 4 is 33.6 Å². The lowest BCUT2D eigenvalue weighted by molar-refractivity contribution is -0.132. The Hall–Kier alpha value is -2.15. The molecule has 0 aliphatic carbocycles. The molecule has 0 saturated carbocycles. The van der Waals surface area contributed by atoms with Gasteiger partial charge in [0, 0.05) is 10.2 Å². The van der Waals surface area contributed by atoms with E-state index in [0.717, 1.165) is 4.47 Å². The van der Waals surface area contributed by atoms with E-state index >= 15 is 0 Å². The van der Waals surface area contributed by atoms with Gasteiger partial charge in [-0.2, -0.15) is 5.10 Å². The summed E-state index contributed by atoms with van der Waals surface area (Å²) < 4.78 is 0.737.